The molecule has 0 spiro atoms. The van der Waals surface area contributed by atoms with Crippen LogP contribution >= 0.6 is 11.3 Å². The monoisotopic (exact) mass is 591 g/mol. The highest BCUT2D eigenvalue weighted by Gasteiger charge is 2.31. The molecule has 1 amide bonds. The number of aromatic nitrogens is 3. The van der Waals surface area contributed by atoms with Crippen LogP contribution in [0.25, 0.3) is 21.3 Å². The molecule has 1 aliphatic heterocycles. The number of hydrogen-bond acceptors (Lipinski definition) is 9. The third-order valence-corrected chi connectivity index (χ3v) is 8.00. The molecule has 41 heavy (non-hydrogen) atoms. The Balaban J connectivity index is 1.21. The predicted octanol–water partition coefficient (Wildman–Crippen LogP) is 4.21. The summed E-state index contributed by atoms with van der Waals surface area (Å²) in [6.07, 6.45) is -3.87. The number of halogens is 3. The van der Waals surface area contributed by atoms with Gasteiger partial charge in [-0.1, -0.05) is 17.4 Å². The first kappa shape index (κ1) is 29.0. The van der Waals surface area contributed by atoms with Gasteiger partial charge in [0.25, 0.3) is 0 Å². The third kappa shape index (κ3) is 7.07. The highest BCUT2D eigenvalue weighted by molar-refractivity contribution is 7.22. The second-order valence-corrected chi connectivity index (χ2v) is 11.5. The lowest BCUT2D eigenvalue weighted by molar-refractivity contribution is -0.274. The molecule has 0 saturated carbocycles. The predicted molar refractivity (Wildman–Crippen MR) is 151 cm³/mol. The van der Waals surface area contributed by atoms with E-state index in [-0.39, 0.29) is 18.2 Å². The van der Waals surface area contributed by atoms with Gasteiger partial charge in [0.05, 0.1) is 27.8 Å². The fourth-order valence-electron chi connectivity index (χ4n) is 5.04. The number of rotatable bonds is 9. The number of carbonyl (C=O) groups is 1. The number of piperidine rings is 1. The van der Waals surface area contributed by atoms with Crippen molar-refractivity contribution >= 4 is 49.6 Å². The summed E-state index contributed by atoms with van der Waals surface area (Å²) in [6.45, 7) is 2.50. The summed E-state index contributed by atoms with van der Waals surface area (Å²) in [6, 6.07) is 9.31. The molecule has 10 nitrogen and oxygen atoms in total. The Hall–Kier alpha value is -3.46. The molecular weight excluding hydrogens is 559 g/mol. The average Bonchev–Trinajstić information content (AvgIpc) is 3.45. The number of alkyl halides is 3. The van der Waals surface area contributed by atoms with Crippen LogP contribution < -0.4 is 15.4 Å². The fraction of sp³-hybridized carbons (Fsp3) is 0.444. The summed E-state index contributed by atoms with van der Waals surface area (Å²) < 4.78 is 44.0. The lowest BCUT2D eigenvalue weighted by Crippen LogP contribution is -2.44. The van der Waals surface area contributed by atoms with E-state index in [0.29, 0.717) is 38.3 Å². The van der Waals surface area contributed by atoms with Gasteiger partial charge in [-0.25, -0.2) is 9.97 Å². The average molecular weight is 592 g/mol. The largest absolute Gasteiger partial charge is 0.573 e. The van der Waals surface area contributed by atoms with Crippen molar-refractivity contribution in [1.29, 1.82) is 0 Å². The highest BCUT2D eigenvalue weighted by Crippen LogP contribution is 2.33. The molecule has 220 valence electrons. The van der Waals surface area contributed by atoms with Gasteiger partial charge in [-0.3, -0.25) is 10.1 Å². The number of anilines is 2. The van der Waals surface area contributed by atoms with Gasteiger partial charge in [0.15, 0.2) is 5.13 Å². The van der Waals surface area contributed by atoms with Crippen LogP contribution in [0.3, 0.4) is 0 Å². The number of ether oxygens (including phenoxy) is 1. The Bertz CT molecular complexity index is 1530. The van der Waals surface area contributed by atoms with Crippen LogP contribution in [0.15, 0.2) is 36.4 Å². The molecule has 1 atom stereocenters. The molecule has 2 aromatic carbocycles. The first-order chi connectivity index (χ1) is 19.4. The first-order valence-electron chi connectivity index (χ1n) is 13.2. The van der Waals surface area contributed by atoms with Crippen LogP contribution in [-0.4, -0.2) is 82.0 Å². The zero-order valence-corrected chi connectivity index (χ0v) is 23.7. The van der Waals surface area contributed by atoms with Crippen LogP contribution in [-0.2, 0) is 11.8 Å². The SMILES string of the molecule is CN(C)CC1CCN(C(=O)CNC(O)c2ccc3c(c2)nc(Nc2nc4ccc(OC(F)(F)F)cc4s2)n3C)CC1. The number of amides is 1. The maximum atomic E-state index is 12.7. The Morgan fingerprint density at radius 3 is 2.63 bits per heavy atom. The molecule has 0 radical (unpaired) electrons. The van der Waals surface area contributed by atoms with E-state index in [1.807, 2.05) is 22.6 Å². The van der Waals surface area contributed by atoms with Crippen molar-refractivity contribution in [3.05, 3.63) is 42.0 Å². The van der Waals surface area contributed by atoms with Crippen molar-refractivity contribution in [3.63, 3.8) is 0 Å². The summed E-state index contributed by atoms with van der Waals surface area (Å²) in [5, 5.41) is 17.2. The number of aryl methyl sites for hydroxylation is 1. The standard InChI is InChI=1S/C27H32F3N7O3S/c1-35(2)15-16-8-10-37(11-9-16)23(38)14-31-24(39)17-4-7-21-20(12-17)32-25(36(21)3)34-26-33-19-6-5-18(13-22(19)41-26)40-27(28,29)30/h4-7,12-13,16,24,31,39H,8-11,14-15H2,1-3H3,(H,32,33,34). The Labute approximate surface area is 238 Å². The zero-order valence-electron chi connectivity index (χ0n) is 22.9. The highest BCUT2D eigenvalue weighted by atomic mass is 32.1. The van der Waals surface area contributed by atoms with Crippen molar-refractivity contribution in [2.24, 2.45) is 13.0 Å². The number of nitrogens with one attached hydrogen (secondary N) is 2. The van der Waals surface area contributed by atoms with Gasteiger partial charge < -0.3 is 29.5 Å². The van der Waals surface area contributed by atoms with E-state index in [4.69, 9.17) is 0 Å². The topological polar surface area (TPSA) is 108 Å². The molecule has 3 N–H and O–H groups in total. The maximum Gasteiger partial charge on any atom is 0.573 e. The lowest BCUT2D eigenvalue weighted by atomic mass is 9.96. The minimum absolute atomic E-state index is 0.0277. The second-order valence-electron chi connectivity index (χ2n) is 10.4. The number of aliphatic hydroxyl groups is 1. The number of nitrogens with zero attached hydrogens (tertiary/aromatic N) is 5. The van der Waals surface area contributed by atoms with Crippen LogP contribution in [0, 0.1) is 5.92 Å². The van der Waals surface area contributed by atoms with Crippen LogP contribution in [0.2, 0.25) is 0 Å². The Morgan fingerprint density at radius 2 is 1.93 bits per heavy atom. The van der Waals surface area contributed by atoms with Crippen molar-refractivity contribution in [1.82, 2.24) is 29.7 Å². The van der Waals surface area contributed by atoms with Crippen LogP contribution in [0.5, 0.6) is 5.75 Å². The van der Waals surface area contributed by atoms with E-state index in [1.54, 1.807) is 12.1 Å². The maximum absolute atomic E-state index is 12.7. The Morgan fingerprint density at radius 1 is 1.17 bits per heavy atom. The van der Waals surface area contributed by atoms with E-state index in [0.717, 1.165) is 38.0 Å². The number of benzene rings is 2. The van der Waals surface area contributed by atoms with E-state index in [9.17, 15) is 23.1 Å². The number of likely N-dealkylation sites (tertiary alicyclic amines) is 1. The van der Waals surface area contributed by atoms with Crippen LogP contribution in [0.1, 0.15) is 24.6 Å². The minimum atomic E-state index is -4.77. The number of fused-ring (bicyclic) bond motifs is 2. The molecule has 1 unspecified atom stereocenters. The second kappa shape index (κ2) is 11.8. The fourth-order valence-corrected chi connectivity index (χ4v) is 5.93. The van der Waals surface area contributed by atoms with E-state index in [2.05, 4.69) is 44.3 Å². The molecular formula is C27H32F3N7O3S. The number of thiazole rings is 1. The zero-order chi connectivity index (χ0) is 29.3. The quantitative estimate of drug-likeness (QED) is 0.249. The van der Waals surface area contributed by atoms with Gasteiger partial charge in [-0.15, -0.1) is 13.2 Å². The smallest absolute Gasteiger partial charge is 0.406 e. The summed E-state index contributed by atoms with van der Waals surface area (Å²) in [4.78, 5) is 25.8. The van der Waals surface area contributed by atoms with Gasteiger partial charge in [0.1, 0.15) is 12.0 Å². The summed E-state index contributed by atoms with van der Waals surface area (Å²) in [7, 11) is 5.93. The van der Waals surface area contributed by atoms with Crippen molar-refractivity contribution < 1.29 is 27.8 Å². The van der Waals surface area contributed by atoms with Crippen molar-refractivity contribution in [2.75, 3.05) is 45.6 Å². The van der Waals surface area contributed by atoms with Gasteiger partial charge in [-0.05, 0) is 62.7 Å². The Kier molecular flexibility index (Phi) is 8.36. The molecule has 0 aliphatic carbocycles. The van der Waals surface area contributed by atoms with Gasteiger partial charge in [0, 0.05) is 32.7 Å². The molecule has 3 heterocycles. The van der Waals surface area contributed by atoms with Crippen molar-refractivity contribution in [2.45, 2.75) is 25.4 Å². The molecule has 0 bridgehead atoms. The van der Waals surface area contributed by atoms with Crippen molar-refractivity contribution in [3.8, 4) is 5.75 Å². The minimum Gasteiger partial charge on any atom is -0.406 e. The van der Waals surface area contributed by atoms with Gasteiger partial charge >= 0.3 is 6.36 Å². The lowest BCUT2D eigenvalue weighted by Gasteiger charge is -2.33. The molecule has 14 heteroatoms. The first-order valence-corrected chi connectivity index (χ1v) is 14.0. The summed E-state index contributed by atoms with van der Waals surface area (Å²) in [5.74, 6) is 0.718. The summed E-state index contributed by atoms with van der Waals surface area (Å²) >= 11 is 1.17. The van der Waals surface area contributed by atoms with E-state index in [1.165, 1.54) is 29.5 Å². The molecule has 1 fully saturated rings. The van der Waals surface area contributed by atoms with E-state index < -0.39 is 12.6 Å². The molecule has 1 aliphatic rings. The number of aliphatic hydroxyl groups excluding tert-OH is 1. The molecule has 1 saturated heterocycles. The third-order valence-electron chi connectivity index (χ3n) is 7.07. The van der Waals surface area contributed by atoms with Gasteiger partial charge in [0.2, 0.25) is 11.9 Å². The van der Waals surface area contributed by atoms with Gasteiger partial charge in [-0.2, -0.15) is 0 Å². The molecule has 2 aromatic heterocycles. The van der Waals surface area contributed by atoms with Crippen LogP contribution in [0.4, 0.5) is 24.3 Å². The molecule has 4 aromatic rings. The molecule has 5 rings (SSSR count). The number of imidazole rings is 1. The normalized spacial score (nSPS) is 15.7. The number of hydrogen-bond donors (Lipinski definition) is 3. The van der Waals surface area contributed by atoms with E-state index >= 15 is 0 Å². The summed E-state index contributed by atoms with van der Waals surface area (Å²) in [5.41, 5.74) is 2.50. The number of carbonyl (C=O) groups excluding carboxylic acids is 1.